The number of aromatic nitrogens is 2. The minimum atomic E-state index is 0.650. The van der Waals surface area contributed by atoms with Gasteiger partial charge in [-0.2, -0.15) is 0 Å². The van der Waals surface area contributed by atoms with Crippen molar-refractivity contribution in [2.45, 2.75) is 27.2 Å². The van der Waals surface area contributed by atoms with Crippen LogP contribution in [0.5, 0.6) is 0 Å². The zero-order valence-corrected chi connectivity index (χ0v) is 12.4. The van der Waals surface area contributed by atoms with Crippen molar-refractivity contribution in [1.82, 2.24) is 9.97 Å². The topological polar surface area (TPSA) is 37.8 Å². The monoisotopic (exact) mass is 277 g/mol. The number of nitrogens with zero attached hydrogens (tertiary/aromatic N) is 2. The Balaban J connectivity index is 2.21. The largest absolute Gasteiger partial charge is 0.369 e. The molecule has 1 atom stereocenters. The molecule has 2 aromatic rings. The van der Waals surface area contributed by atoms with Crippen molar-refractivity contribution in [3.8, 4) is 0 Å². The van der Waals surface area contributed by atoms with E-state index in [1.165, 1.54) is 6.42 Å². The van der Waals surface area contributed by atoms with Gasteiger partial charge in [-0.15, -0.1) is 0 Å². The Morgan fingerprint density at radius 3 is 2.74 bits per heavy atom. The summed E-state index contributed by atoms with van der Waals surface area (Å²) in [5, 5.41) is 5.16. The molecule has 0 saturated heterocycles. The number of anilines is 1. The number of nitrogens with one attached hydrogen (secondary N) is 1. The van der Waals surface area contributed by atoms with Gasteiger partial charge >= 0.3 is 0 Å². The summed E-state index contributed by atoms with van der Waals surface area (Å²) in [4.78, 5) is 8.59. The fourth-order valence-corrected chi connectivity index (χ4v) is 2.42. The van der Waals surface area contributed by atoms with Crippen LogP contribution in [0.1, 0.15) is 27.2 Å². The standard InChI is InChI=1S/C15H20ClN3/c1-4-11(10(2)3)8-17-15-13-6-5-12(16)7-14(13)18-9-19-15/h5-7,9-11H,4,8H2,1-3H3,(H,17,18,19). The van der Waals surface area contributed by atoms with E-state index in [0.717, 1.165) is 23.3 Å². The van der Waals surface area contributed by atoms with Crippen LogP contribution in [0.2, 0.25) is 5.02 Å². The van der Waals surface area contributed by atoms with Crippen molar-refractivity contribution in [2.24, 2.45) is 11.8 Å². The van der Waals surface area contributed by atoms with Crippen LogP contribution in [0.25, 0.3) is 10.9 Å². The molecule has 1 heterocycles. The minimum Gasteiger partial charge on any atom is -0.369 e. The number of hydrogen-bond donors (Lipinski definition) is 1. The van der Waals surface area contributed by atoms with E-state index in [9.17, 15) is 0 Å². The molecule has 102 valence electrons. The van der Waals surface area contributed by atoms with Crippen LogP contribution in [0.15, 0.2) is 24.5 Å². The Morgan fingerprint density at radius 2 is 2.05 bits per heavy atom. The van der Waals surface area contributed by atoms with Crippen LogP contribution in [-0.4, -0.2) is 16.5 Å². The Bertz CT molecular complexity index is 554. The maximum atomic E-state index is 5.98. The molecule has 0 aliphatic heterocycles. The van der Waals surface area contributed by atoms with Gasteiger partial charge in [0.05, 0.1) is 5.52 Å². The molecule has 4 heteroatoms. The number of rotatable bonds is 5. The normalized spacial score (nSPS) is 12.9. The Hall–Kier alpha value is -1.35. The Labute approximate surface area is 119 Å². The second kappa shape index (κ2) is 6.20. The molecule has 1 aromatic heterocycles. The lowest BCUT2D eigenvalue weighted by Crippen LogP contribution is -2.19. The summed E-state index contributed by atoms with van der Waals surface area (Å²) < 4.78 is 0. The number of halogens is 1. The molecule has 3 nitrogen and oxygen atoms in total. The quantitative estimate of drug-likeness (QED) is 0.881. The van der Waals surface area contributed by atoms with Crippen LogP contribution >= 0.6 is 11.6 Å². The van der Waals surface area contributed by atoms with Gasteiger partial charge < -0.3 is 5.32 Å². The fourth-order valence-electron chi connectivity index (χ4n) is 2.25. The van der Waals surface area contributed by atoms with Gasteiger partial charge in [0.2, 0.25) is 0 Å². The first-order valence-corrected chi connectivity index (χ1v) is 7.13. The molecule has 19 heavy (non-hydrogen) atoms. The van der Waals surface area contributed by atoms with Crippen molar-refractivity contribution >= 4 is 28.3 Å². The first kappa shape index (κ1) is 14.1. The molecule has 0 saturated carbocycles. The first-order chi connectivity index (χ1) is 9.11. The van der Waals surface area contributed by atoms with Crippen molar-refractivity contribution in [2.75, 3.05) is 11.9 Å². The molecule has 1 unspecified atom stereocenters. The van der Waals surface area contributed by atoms with Gasteiger partial charge in [-0.3, -0.25) is 0 Å². The molecule has 0 amide bonds. The summed E-state index contributed by atoms with van der Waals surface area (Å²) >= 11 is 5.98. The van der Waals surface area contributed by atoms with Crippen molar-refractivity contribution in [1.29, 1.82) is 0 Å². The van der Waals surface area contributed by atoms with Crippen LogP contribution in [0.4, 0.5) is 5.82 Å². The molecule has 0 fully saturated rings. The lowest BCUT2D eigenvalue weighted by Gasteiger charge is -2.20. The van der Waals surface area contributed by atoms with E-state index in [1.54, 1.807) is 6.33 Å². The van der Waals surface area contributed by atoms with Gasteiger partial charge in [0, 0.05) is 17.0 Å². The highest BCUT2D eigenvalue weighted by molar-refractivity contribution is 6.31. The van der Waals surface area contributed by atoms with E-state index in [0.29, 0.717) is 16.9 Å². The molecular formula is C15H20ClN3. The van der Waals surface area contributed by atoms with Crippen molar-refractivity contribution in [3.05, 3.63) is 29.5 Å². The van der Waals surface area contributed by atoms with E-state index in [-0.39, 0.29) is 0 Å². The van der Waals surface area contributed by atoms with Crippen molar-refractivity contribution < 1.29 is 0 Å². The van der Waals surface area contributed by atoms with Gasteiger partial charge in [0.15, 0.2) is 0 Å². The molecule has 2 rings (SSSR count). The highest BCUT2D eigenvalue weighted by Gasteiger charge is 2.12. The lowest BCUT2D eigenvalue weighted by molar-refractivity contribution is 0.392. The predicted octanol–water partition coefficient (Wildman–Crippen LogP) is 4.38. The minimum absolute atomic E-state index is 0.650. The second-order valence-corrected chi connectivity index (χ2v) is 5.61. The molecular weight excluding hydrogens is 258 g/mol. The maximum Gasteiger partial charge on any atom is 0.137 e. The Kier molecular flexibility index (Phi) is 4.59. The van der Waals surface area contributed by atoms with Crippen LogP contribution in [-0.2, 0) is 0 Å². The van der Waals surface area contributed by atoms with Gasteiger partial charge in [0.1, 0.15) is 12.1 Å². The van der Waals surface area contributed by atoms with E-state index >= 15 is 0 Å². The maximum absolute atomic E-state index is 5.98. The lowest BCUT2D eigenvalue weighted by atomic mass is 9.93. The summed E-state index contributed by atoms with van der Waals surface area (Å²) in [6.45, 7) is 7.68. The average molecular weight is 278 g/mol. The number of benzene rings is 1. The third kappa shape index (κ3) is 3.35. The summed E-state index contributed by atoms with van der Waals surface area (Å²) in [5.74, 6) is 2.21. The average Bonchev–Trinajstić information content (AvgIpc) is 2.38. The van der Waals surface area contributed by atoms with Gasteiger partial charge in [-0.05, 0) is 30.0 Å². The van der Waals surface area contributed by atoms with E-state index in [1.807, 2.05) is 18.2 Å². The smallest absolute Gasteiger partial charge is 0.137 e. The molecule has 0 spiro atoms. The highest BCUT2D eigenvalue weighted by Crippen LogP contribution is 2.23. The van der Waals surface area contributed by atoms with Gasteiger partial charge in [0.25, 0.3) is 0 Å². The van der Waals surface area contributed by atoms with E-state index in [2.05, 4.69) is 36.1 Å². The van der Waals surface area contributed by atoms with Gasteiger partial charge in [-0.1, -0.05) is 38.8 Å². The van der Waals surface area contributed by atoms with Crippen LogP contribution < -0.4 is 5.32 Å². The van der Waals surface area contributed by atoms with Crippen molar-refractivity contribution in [3.63, 3.8) is 0 Å². The number of hydrogen-bond acceptors (Lipinski definition) is 3. The summed E-state index contributed by atoms with van der Waals surface area (Å²) in [6.07, 6.45) is 2.75. The molecule has 1 N–H and O–H groups in total. The molecule has 0 bridgehead atoms. The van der Waals surface area contributed by atoms with Crippen LogP contribution in [0, 0.1) is 11.8 Å². The summed E-state index contributed by atoms with van der Waals surface area (Å²) in [6, 6.07) is 5.71. The molecule has 0 aliphatic rings. The van der Waals surface area contributed by atoms with Gasteiger partial charge in [-0.25, -0.2) is 9.97 Å². The third-order valence-electron chi connectivity index (χ3n) is 3.60. The SMILES string of the molecule is CCC(CNc1ncnc2cc(Cl)ccc12)C(C)C. The third-order valence-corrected chi connectivity index (χ3v) is 3.83. The Morgan fingerprint density at radius 1 is 1.26 bits per heavy atom. The zero-order valence-electron chi connectivity index (χ0n) is 11.7. The van der Waals surface area contributed by atoms with E-state index < -0.39 is 0 Å². The predicted molar refractivity (Wildman–Crippen MR) is 81.7 cm³/mol. The van der Waals surface area contributed by atoms with Crippen LogP contribution in [0.3, 0.4) is 0 Å². The highest BCUT2D eigenvalue weighted by atomic mass is 35.5. The summed E-state index contributed by atoms with van der Waals surface area (Å²) in [5.41, 5.74) is 0.877. The fraction of sp³-hybridized carbons (Fsp3) is 0.467. The van der Waals surface area contributed by atoms with E-state index in [4.69, 9.17) is 11.6 Å². The molecule has 0 aliphatic carbocycles. The summed E-state index contributed by atoms with van der Waals surface area (Å²) in [7, 11) is 0. The molecule has 1 aromatic carbocycles. The zero-order chi connectivity index (χ0) is 13.8. The second-order valence-electron chi connectivity index (χ2n) is 5.18. The number of fused-ring (bicyclic) bond motifs is 1. The molecule has 0 radical (unpaired) electrons. The first-order valence-electron chi connectivity index (χ1n) is 6.76.